The number of halogens is 2. The molecular formula is C13H17BrClNO3S. The molecular weight excluding hydrogens is 366 g/mol. The van der Waals surface area contributed by atoms with Crippen molar-refractivity contribution in [3.05, 3.63) is 27.7 Å². The van der Waals surface area contributed by atoms with Crippen LogP contribution in [0.5, 0.6) is 0 Å². The zero-order chi connectivity index (χ0) is 14.6. The molecule has 0 aliphatic heterocycles. The van der Waals surface area contributed by atoms with Crippen LogP contribution in [0.1, 0.15) is 25.7 Å². The van der Waals surface area contributed by atoms with Crippen molar-refractivity contribution < 1.29 is 13.2 Å². The van der Waals surface area contributed by atoms with Crippen molar-refractivity contribution in [3.63, 3.8) is 0 Å². The van der Waals surface area contributed by atoms with Gasteiger partial charge in [-0.1, -0.05) is 24.4 Å². The molecule has 4 nitrogen and oxygen atoms in total. The number of hydrogen-bond acceptors (Lipinski definition) is 3. The summed E-state index contributed by atoms with van der Waals surface area (Å²) >= 11 is 9.06. The van der Waals surface area contributed by atoms with Crippen LogP contribution in [0, 0.1) is 0 Å². The molecule has 0 radical (unpaired) electrons. The van der Waals surface area contributed by atoms with Crippen molar-refractivity contribution in [2.24, 2.45) is 0 Å². The maximum Gasteiger partial charge on any atom is 0.240 e. The standard InChI is InChI=1S/C13H17BrClNO3S/c14-12-9-11(5-6-13(12)15)20(17,18)16-7-8-19-10-3-1-2-4-10/h5-6,9-10,16H,1-4,7-8H2. The number of rotatable bonds is 6. The van der Waals surface area contributed by atoms with Gasteiger partial charge >= 0.3 is 0 Å². The Morgan fingerprint density at radius 1 is 1.35 bits per heavy atom. The van der Waals surface area contributed by atoms with Crippen LogP contribution in [0.3, 0.4) is 0 Å². The Morgan fingerprint density at radius 2 is 2.05 bits per heavy atom. The van der Waals surface area contributed by atoms with Gasteiger partial charge in [-0.3, -0.25) is 0 Å². The molecule has 0 bridgehead atoms. The fraction of sp³-hybridized carbons (Fsp3) is 0.538. The third kappa shape index (κ3) is 4.43. The molecule has 1 aromatic rings. The largest absolute Gasteiger partial charge is 0.377 e. The SMILES string of the molecule is O=S(=O)(NCCOC1CCCC1)c1ccc(Cl)c(Br)c1. The van der Waals surface area contributed by atoms with Gasteiger partial charge in [-0.15, -0.1) is 0 Å². The molecule has 1 N–H and O–H groups in total. The van der Waals surface area contributed by atoms with Gasteiger partial charge in [0.25, 0.3) is 0 Å². The maximum absolute atomic E-state index is 12.1. The molecule has 2 rings (SSSR count). The van der Waals surface area contributed by atoms with Crippen molar-refractivity contribution >= 4 is 37.6 Å². The second-order valence-corrected chi connectivity index (χ2v) is 7.78. The van der Waals surface area contributed by atoms with Crippen molar-refractivity contribution in [2.75, 3.05) is 13.2 Å². The molecule has 7 heteroatoms. The molecule has 20 heavy (non-hydrogen) atoms. The highest BCUT2D eigenvalue weighted by Crippen LogP contribution is 2.25. The lowest BCUT2D eigenvalue weighted by molar-refractivity contribution is 0.0626. The van der Waals surface area contributed by atoms with E-state index in [1.807, 2.05) is 0 Å². The van der Waals surface area contributed by atoms with E-state index in [2.05, 4.69) is 20.7 Å². The fourth-order valence-electron chi connectivity index (χ4n) is 2.18. The normalized spacial score (nSPS) is 16.7. The molecule has 1 aliphatic carbocycles. The average molecular weight is 383 g/mol. The van der Waals surface area contributed by atoms with E-state index in [0.29, 0.717) is 22.2 Å². The first-order valence-electron chi connectivity index (χ1n) is 6.55. The van der Waals surface area contributed by atoms with Crippen LogP contribution in [0.25, 0.3) is 0 Å². The second-order valence-electron chi connectivity index (χ2n) is 4.75. The van der Waals surface area contributed by atoms with Crippen molar-refractivity contribution in [2.45, 2.75) is 36.7 Å². The molecule has 1 aromatic carbocycles. The third-order valence-corrected chi connectivity index (χ3v) is 5.92. The van der Waals surface area contributed by atoms with Crippen LogP contribution >= 0.6 is 27.5 Å². The van der Waals surface area contributed by atoms with Crippen LogP contribution in [0.2, 0.25) is 5.02 Å². The summed E-state index contributed by atoms with van der Waals surface area (Å²) in [6.45, 7) is 0.678. The summed E-state index contributed by atoms with van der Waals surface area (Å²) in [4.78, 5) is 0.189. The monoisotopic (exact) mass is 381 g/mol. The number of hydrogen-bond donors (Lipinski definition) is 1. The third-order valence-electron chi connectivity index (χ3n) is 3.25. The van der Waals surface area contributed by atoms with E-state index in [4.69, 9.17) is 16.3 Å². The minimum atomic E-state index is -3.51. The molecule has 0 atom stereocenters. The Balaban J connectivity index is 1.85. The minimum absolute atomic E-state index is 0.189. The average Bonchev–Trinajstić information content (AvgIpc) is 2.91. The zero-order valence-corrected chi connectivity index (χ0v) is 14.1. The summed E-state index contributed by atoms with van der Waals surface area (Å²) in [5.41, 5.74) is 0. The lowest BCUT2D eigenvalue weighted by Gasteiger charge is -2.12. The Morgan fingerprint density at radius 3 is 2.70 bits per heavy atom. The van der Waals surface area contributed by atoms with E-state index in [-0.39, 0.29) is 11.4 Å². The van der Waals surface area contributed by atoms with E-state index in [0.717, 1.165) is 12.8 Å². The highest BCUT2D eigenvalue weighted by molar-refractivity contribution is 9.10. The minimum Gasteiger partial charge on any atom is -0.377 e. The quantitative estimate of drug-likeness (QED) is 0.768. The summed E-state index contributed by atoms with van der Waals surface area (Å²) in [5.74, 6) is 0. The Kier molecular flexibility index (Phi) is 5.86. The van der Waals surface area contributed by atoms with Gasteiger partial charge in [-0.25, -0.2) is 13.1 Å². The van der Waals surface area contributed by atoms with E-state index < -0.39 is 10.0 Å². The molecule has 0 spiro atoms. The van der Waals surface area contributed by atoms with Gasteiger partial charge in [0.2, 0.25) is 10.0 Å². The molecule has 0 heterocycles. The second kappa shape index (κ2) is 7.22. The van der Waals surface area contributed by atoms with Crippen LogP contribution < -0.4 is 4.72 Å². The first-order chi connectivity index (χ1) is 9.49. The van der Waals surface area contributed by atoms with Crippen LogP contribution in [0.15, 0.2) is 27.6 Å². The number of nitrogens with one attached hydrogen (secondary N) is 1. The van der Waals surface area contributed by atoms with Gasteiger partial charge in [0.1, 0.15) is 0 Å². The first kappa shape index (κ1) is 16.2. The summed E-state index contributed by atoms with van der Waals surface area (Å²) < 4.78 is 32.8. The van der Waals surface area contributed by atoms with Crippen molar-refractivity contribution in [1.29, 1.82) is 0 Å². The Hall–Kier alpha value is -0.140. The summed E-state index contributed by atoms with van der Waals surface area (Å²) in [6, 6.07) is 4.52. The summed E-state index contributed by atoms with van der Waals surface area (Å²) in [6.07, 6.45) is 4.86. The van der Waals surface area contributed by atoms with Gasteiger partial charge < -0.3 is 4.74 Å². The smallest absolute Gasteiger partial charge is 0.240 e. The molecule has 0 saturated heterocycles. The van der Waals surface area contributed by atoms with Gasteiger partial charge in [0, 0.05) is 11.0 Å². The van der Waals surface area contributed by atoms with Crippen molar-refractivity contribution in [1.82, 2.24) is 4.72 Å². The molecule has 1 fully saturated rings. The lowest BCUT2D eigenvalue weighted by atomic mass is 10.3. The highest BCUT2D eigenvalue weighted by Gasteiger charge is 2.17. The van der Waals surface area contributed by atoms with Gasteiger partial charge in [0.15, 0.2) is 0 Å². The molecule has 112 valence electrons. The molecule has 0 unspecified atom stereocenters. The molecule has 1 saturated carbocycles. The molecule has 0 aromatic heterocycles. The van der Waals surface area contributed by atoms with Gasteiger partial charge in [0.05, 0.1) is 22.6 Å². The predicted octanol–water partition coefficient (Wildman–Crippen LogP) is 3.34. The zero-order valence-electron chi connectivity index (χ0n) is 10.9. The van der Waals surface area contributed by atoms with Crippen molar-refractivity contribution in [3.8, 4) is 0 Å². The lowest BCUT2D eigenvalue weighted by Crippen LogP contribution is -2.28. The number of sulfonamides is 1. The van der Waals surface area contributed by atoms with E-state index in [9.17, 15) is 8.42 Å². The van der Waals surface area contributed by atoms with Gasteiger partial charge in [-0.2, -0.15) is 0 Å². The molecule has 1 aliphatic rings. The van der Waals surface area contributed by atoms with Crippen LogP contribution in [-0.2, 0) is 14.8 Å². The highest BCUT2D eigenvalue weighted by atomic mass is 79.9. The Labute approximate surface area is 133 Å². The van der Waals surface area contributed by atoms with Crippen LogP contribution in [0.4, 0.5) is 0 Å². The summed E-state index contributed by atoms with van der Waals surface area (Å²) in [7, 11) is -3.51. The number of ether oxygens (including phenoxy) is 1. The Bertz CT molecular complexity index is 559. The first-order valence-corrected chi connectivity index (χ1v) is 9.21. The van der Waals surface area contributed by atoms with E-state index in [1.54, 1.807) is 6.07 Å². The predicted molar refractivity (Wildman–Crippen MR) is 82.5 cm³/mol. The van der Waals surface area contributed by atoms with E-state index in [1.165, 1.54) is 25.0 Å². The maximum atomic E-state index is 12.1. The summed E-state index contributed by atoms with van der Waals surface area (Å²) in [5, 5.41) is 0.480. The van der Waals surface area contributed by atoms with E-state index >= 15 is 0 Å². The fourth-order valence-corrected chi connectivity index (χ4v) is 3.87. The topological polar surface area (TPSA) is 55.4 Å². The van der Waals surface area contributed by atoms with Crippen LogP contribution in [-0.4, -0.2) is 27.7 Å². The molecule has 0 amide bonds. The number of benzene rings is 1. The van der Waals surface area contributed by atoms with Gasteiger partial charge in [-0.05, 0) is 47.0 Å².